The fraction of sp³-hybridized carbons (Fsp3) is 0.292. The van der Waals surface area contributed by atoms with Gasteiger partial charge in [-0.25, -0.2) is 0 Å². The lowest BCUT2D eigenvalue weighted by molar-refractivity contribution is -0.121. The number of nitrogens with zero attached hydrogens (tertiary/aromatic N) is 2. The Morgan fingerprint density at radius 2 is 1.78 bits per heavy atom. The van der Waals surface area contributed by atoms with Gasteiger partial charge in [0, 0.05) is 6.54 Å². The Morgan fingerprint density at radius 1 is 1.06 bits per heavy atom. The summed E-state index contributed by atoms with van der Waals surface area (Å²) in [5.41, 5.74) is 3.63. The topological polar surface area (TPSA) is 79.0 Å². The molecule has 2 aromatic rings. The quantitative estimate of drug-likeness (QED) is 0.646. The summed E-state index contributed by atoms with van der Waals surface area (Å²) >= 11 is 0.865. The number of hydrogen-bond donors (Lipinski definition) is 1. The predicted octanol–water partition coefficient (Wildman–Crippen LogP) is 3.78. The molecule has 2 heterocycles. The van der Waals surface area contributed by atoms with E-state index in [0.29, 0.717) is 28.5 Å². The van der Waals surface area contributed by atoms with Crippen LogP contribution < -0.4 is 15.0 Å². The summed E-state index contributed by atoms with van der Waals surface area (Å²) in [5.74, 6) is 0.0777. The van der Waals surface area contributed by atoms with Crippen LogP contribution in [0, 0.1) is 0 Å². The Kier molecular flexibility index (Phi) is 6.62. The molecular formula is C24H25N3O4S. The van der Waals surface area contributed by atoms with Crippen LogP contribution in [-0.2, 0) is 22.7 Å². The van der Waals surface area contributed by atoms with Gasteiger partial charge in [-0.05, 0) is 59.8 Å². The normalized spacial score (nSPS) is 17.0. The smallest absolute Gasteiger partial charge is 0.290 e. The molecule has 0 spiro atoms. The van der Waals surface area contributed by atoms with Gasteiger partial charge >= 0.3 is 0 Å². The van der Waals surface area contributed by atoms with E-state index in [-0.39, 0.29) is 17.8 Å². The zero-order chi connectivity index (χ0) is 22.7. The maximum atomic E-state index is 12.7. The van der Waals surface area contributed by atoms with Crippen molar-refractivity contribution in [3.8, 4) is 5.75 Å². The van der Waals surface area contributed by atoms with Crippen molar-refractivity contribution < 1.29 is 19.1 Å². The van der Waals surface area contributed by atoms with E-state index in [0.717, 1.165) is 37.0 Å². The van der Waals surface area contributed by atoms with E-state index >= 15 is 0 Å². The highest BCUT2D eigenvalue weighted by Gasteiger charge is 2.27. The molecule has 4 rings (SSSR count). The third-order valence-corrected chi connectivity index (χ3v) is 6.34. The highest BCUT2D eigenvalue weighted by molar-refractivity contribution is 8.18. The van der Waals surface area contributed by atoms with E-state index < -0.39 is 5.91 Å². The number of benzene rings is 2. The van der Waals surface area contributed by atoms with Crippen LogP contribution in [0.4, 0.5) is 10.5 Å². The van der Waals surface area contributed by atoms with Crippen molar-refractivity contribution in [2.24, 2.45) is 0 Å². The van der Waals surface area contributed by atoms with Gasteiger partial charge in [-0.15, -0.1) is 0 Å². The second-order valence-corrected chi connectivity index (χ2v) is 8.64. The number of amides is 3. The van der Waals surface area contributed by atoms with Crippen LogP contribution >= 0.6 is 11.8 Å². The third-order valence-electron chi connectivity index (χ3n) is 5.53. The average molecular weight is 452 g/mol. The number of anilines is 1. The van der Waals surface area contributed by atoms with E-state index in [9.17, 15) is 14.4 Å². The van der Waals surface area contributed by atoms with Gasteiger partial charge in [0.05, 0.1) is 17.1 Å². The Bertz CT molecular complexity index is 1080. The van der Waals surface area contributed by atoms with Crippen molar-refractivity contribution in [1.29, 1.82) is 0 Å². The average Bonchev–Trinajstić information content (AvgIpc) is 3.11. The molecule has 0 radical (unpaired) electrons. The van der Waals surface area contributed by atoms with Gasteiger partial charge in [-0.3, -0.25) is 24.6 Å². The molecule has 2 aromatic carbocycles. The molecule has 1 fully saturated rings. The van der Waals surface area contributed by atoms with Crippen molar-refractivity contribution in [3.63, 3.8) is 0 Å². The zero-order valence-electron chi connectivity index (χ0n) is 18.1. The molecule has 8 heteroatoms. The molecule has 7 nitrogen and oxygen atoms in total. The molecule has 3 amide bonds. The first-order valence-corrected chi connectivity index (χ1v) is 11.4. The van der Waals surface area contributed by atoms with Crippen LogP contribution in [0.2, 0.25) is 0 Å². The molecule has 0 bridgehead atoms. The fourth-order valence-electron chi connectivity index (χ4n) is 3.69. The Labute approximate surface area is 191 Å². The third kappa shape index (κ3) is 4.87. The second kappa shape index (κ2) is 9.58. The van der Waals surface area contributed by atoms with Gasteiger partial charge in [0.2, 0.25) is 0 Å². The molecular weight excluding hydrogens is 426 g/mol. The lowest BCUT2D eigenvalue weighted by atomic mass is 10.1. The van der Waals surface area contributed by atoms with Gasteiger partial charge in [-0.1, -0.05) is 44.2 Å². The summed E-state index contributed by atoms with van der Waals surface area (Å²) in [6.07, 6.45) is 1.64. The first-order chi connectivity index (χ1) is 15.5. The largest absolute Gasteiger partial charge is 0.482 e. The van der Waals surface area contributed by atoms with Crippen LogP contribution in [0.5, 0.6) is 5.75 Å². The van der Waals surface area contributed by atoms with Crippen molar-refractivity contribution >= 4 is 40.6 Å². The molecule has 2 aliphatic rings. The van der Waals surface area contributed by atoms with Crippen LogP contribution in [0.15, 0.2) is 47.4 Å². The van der Waals surface area contributed by atoms with Crippen molar-refractivity contribution in [1.82, 2.24) is 10.2 Å². The number of hydrogen-bond acceptors (Lipinski definition) is 6. The second-order valence-electron chi connectivity index (χ2n) is 7.63. The first kappa shape index (κ1) is 22.1. The highest BCUT2D eigenvalue weighted by atomic mass is 32.2. The number of imide groups is 1. The van der Waals surface area contributed by atoms with Crippen LogP contribution in [0.3, 0.4) is 0 Å². The molecule has 0 atom stereocenters. The molecule has 1 saturated heterocycles. The minimum Gasteiger partial charge on any atom is -0.482 e. The molecule has 0 aliphatic carbocycles. The maximum absolute atomic E-state index is 12.7. The summed E-state index contributed by atoms with van der Waals surface area (Å²) in [4.78, 5) is 40.3. The summed E-state index contributed by atoms with van der Waals surface area (Å²) in [5, 5.41) is 1.86. The molecule has 0 saturated carbocycles. The monoisotopic (exact) mass is 451 g/mol. The summed E-state index contributed by atoms with van der Waals surface area (Å²) in [7, 11) is 0. The van der Waals surface area contributed by atoms with Crippen LogP contribution in [0.25, 0.3) is 6.08 Å². The Hall–Kier alpha value is -3.10. The van der Waals surface area contributed by atoms with E-state index in [2.05, 4.69) is 48.3 Å². The molecule has 166 valence electrons. The van der Waals surface area contributed by atoms with Gasteiger partial charge < -0.3 is 9.64 Å². The Morgan fingerprint density at radius 3 is 2.44 bits per heavy atom. The van der Waals surface area contributed by atoms with Gasteiger partial charge in [0.25, 0.3) is 17.1 Å². The molecule has 0 aromatic heterocycles. The minimum atomic E-state index is -0.410. The first-order valence-electron chi connectivity index (χ1n) is 10.6. The number of carbonyl (C=O) groups is 3. The standard InChI is InChI=1S/C24H25N3O4S/c1-3-26(4-2)13-16-5-7-17(8-6-16)14-27-19-11-18(9-10-20(19)31-15-22(27)28)12-21-23(29)25-24(30)32-21/h5-12H,3-4,13-15H2,1-2H3,(H,25,29,30). The summed E-state index contributed by atoms with van der Waals surface area (Å²) in [6, 6.07) is 13.7. The SMILES string of the molecule is CCN(CC)Cc1ccc(CN2C(=O)COc3ccc(C=C4SC(=O)NC4=O)cc32)cc1. The maximum Gasteiger partial charge on any atom is 0.290 e. The van der Waals surface area contributed by atoms with Crippen molar-refractivity contribution in [3.05, 3.63) is 64.1 Å². The van der Waals surface area contributed by atoms with E-state index in [1.54, 1.807) is 23.1 Å². The lowest BCUT2D eigenvalue weighted by Gasteiger charge is -2.30. The number of rotatable bonds is 7. The summed E-state index contributed by atoms with van der Waals surface area (Å²) < 4.78 is 5.60. The van der Waals surface area contributed by atoms with Gasteiger partial charge in [0.15, 0.2) is 6.61 Å². The number of thioether (sulfide) groups is 1. The molecule has 0 unspecified atom stereocenters. The molecule has 1 N–H and O–H groups in total. The number of carbonyl (C=O) groups excluding carboxylic acids is 3. The minimum absolute atomic E-state index is 0.0137. The highest BCUT2D eigenvalue weighted by Crippen LogP contribution is 2.35. The lowest BCUT2D eigenvalue weighted by Crippen LogP contribution is -2.38. The van der Waals surface area contributed by atoms with Gasteiger partial charge in [0.1, 0.15) is 5.75 Å². The number of ether oxygens (including phenoxy) is 1. The summed E-state index contributed by atoms with van der Waals surface area (Å²) in [6.45, 7) is 7.63. The van der Waals surface area contributed by atoms with Gasteiger partial charge in [-0.2, -0.15) is 0 Å². The van der Waals surface area contributed by atoms with Crippen LogP contribution in [0.1, 0.15) is 30.5 Å². The molecule has 32 heavy (non-hydrogen) atoms. The number of fused-ring (bicyclic) bond motifs is 1. The predicted molar refractivity (Wildman–Crippen MR) is 125 cm³/mol. The van der Waals surface area contributed by atoms with E-state index in [1.807, 2.05) is 6.07 Å². The Balaban J connectivity index is 1.55. The number of nitrogens with one attached hydrogen (secondary N) is 1. The van der Waals surface area contributed by atoms with E-state index in [4.69, 9.17) is 4.74 Å². The molecule has 2 aliphatic heterocycles. The fourth-order valence-corrected chi connectivity index (χ4v) is 4.37. The van der Waals surface area contributed by atoms with Crippen molar-refractivity contribution in [2.75, 3.05) is 24.6 Å². The van der Waals surface area contributed by atoms with Crippen molar-refractivity contribution in [2.45, 2.75) is 26.9 Å². The van der Waals surface area contributed by atoms with Crippen LogP contribution in [-0.4, -0.2) is 41.6 Å². The zero-order valence-corrected chi connectivity index (χ0v) is 18.9. The van der Waals surface area contributed by atoms with E-state index in [1.165, 1.54) is 5.56 Å².